The van der Waals surface area contributed by atoms with Gasteiger partial charge in [0.2, 0.25) is 5.88 Å². The summed E-state index contributed by atoms with van der Waals surface area (Å²) in [5, 5.41) is 3.57. The lowest BCUT2D eigenvalue weighted by Gasteiger charge is -1.69. The molecule has 0 aliphatic carbocycles. The maximum absolute atomic E-state index is 5.28. The fourth-order valence-electron chi connectivity index (χ4n) is 0.651. The van der Waals surface area contributed by atoms with Crippen LogP contribution in [0.15, 0.2) is 47.0 Å². The highest BCUT2D eigenvalue weighted by Gasteiger charge is 1.91. The molecule has 0 bridgehead atoms. The highest BCUT2D eigenvalue weighted by Crippen LogP contribution is 2.08. The first-order valence-electron chi connectivity index (χ1n) is 3.67. The van der Waals surface area contributed by atoms with Gasteiger partial charge in [0, 0.05) is 6.07 Å². The fourth-order valence-corrected chi connectivity index (χ4v) is 0.793. The summed E-state index contributed by atoms with van der Waals surface area (Å²) in [4.78, 5) is 0. The standard InChI is InChI=1S/C6H6.C3H3ClN2O/c1-2-4-6-5-3-1;4-2-1-3(5)7-6-2/h1-6H;1H,5H2. The molecule has 0 spiro atoms. The van der Waals surface area contributed by atoms with E-state index in [9.17, 15) is 0 Å². The van der Waals surface area contributed by atoms with E-state index in [-0.39, 0.29) is 11.0 Å². The quantitative estimate of drug-likeness (QED) is 0.705. The van der Waals surface area contributed by atoms with Gasteiger partial charge in [-0.25, -0.2) is 0 Å². The number of anilines is 1. The van der Waals surface area contributed by atoms with Gasteiger partial charge >= 0.3 is 0 Å². The van der Waals surface area contributed by atoms with Crippen LogP contribution in [-0.2, 0) is 0 Å². The van der Waals surface area contributed by atoms with Gasteiger partial charge in [-0.2, -0.15) is 0 Å². The highest BCUT2D eigenvalue weighted by atomic mass is 35.5. The van der Waals surface area contributed by atoms with Crippen molar-refractivity contribution in [3.63, 3.8) is 0 Å². The van der Waals surface area contributed by atoms with Gasteiger partial charge in [0.05, 0.1) is 0 Å². The lowest BCUT2D eigenvalue weighted by atomic mass is 10.4. The summed E-state index contributed by atoms with van der Waals surface area (Å²) in [6.45, 7) is 0. The van der Waals surface area contributed by atoms with Crippen molar-refractivity contribution >= 4 is 17.5 Å². The Hall–Kier alpha value is -1.48. The van der Waals surface area contributed by atoms with E-state index >= 15 is 0 Å². The van der Waals surface area contributed by atoms with E-state index < -0.39 is 0 Å². The molecule has 0 saturated carbocycles. The molecule has 2 rings (SSSR count). The van der Waals surface area contributed by atoms with E-state index in [1.54, 1.807) is 0 Å². The number of hydrogen-bond donors (Lipinski definition) is 1. The average Bonchev–Trinajstić information content (AvgIpc) is 2.54. The molecule has 2 N–H and O–H groups in total. The molecule has 2 aromatic rings. The van der Waals surface area contributed by atoms with Crippen LogP contribution in [0.25, 0.3) is 0 Å². The van der Waals surface area contributed by atoms with Crippen molar-refractivity contribution in [1.82, 2.24) is 5.16 Å². The molecule has 68 valence electrons. The van der Waals surface area contributed by atoms with Crippen LogP contribution in [0.4, 0.5) is 5.88 Å². The molecular weight excluding hydrogens is 188 g/mol. The number of benzene rings is 1. The monoisotopic (exact) mass is 196 g/mol. The second kappa shape index (κ2) is 5.22. The maximum Gasteiger partial charge on any atom is 0.223 e. The number of aromatic nitrogens is 1. The van der Waals surface area contributed by atoms with Gasteiger partial charge in [0.1, 0.15) is 0 Å². The zero-order valence-electron chi connectivity index (χ0n) is 6.85. The van der Waals surface area contributed by atoms with Crippen LogP contribution >= 0.6 is 11.6 Å². The largest absolute Gasteiger partial charge is 0.368 e. The normalized spacial score (nSPS) is 8.69. The molecule has 4 heteroatoms. The number of rotatable bonds is 0. The molecule has 1 aromatic heterocycles. The van der Waals surface area contributed by atoms with Crippen molar-refractivity contribution in [2.75, 3.05) is 5.73 Å². The third-order valence-electron chi connectivity index (χ3n) is 1.17. The number of hydrogen-bond acceptors (Lipinski definition) is 3. The van der Waals surface area contributed by atoms with Crippen LogP contribution in [0.2, 0.25) is 5.15 Å². The first kappa shape index (κ1) is 9.61. The van der Waals surface area contributed by atoms with Gasteiger partial charge in [0.25, 0.3) is 0 Å². The molecular formula is C9H9ClN2O. The second-order valence-corrected chi connectivity index (χ2v) is 2.59. The summed E-state index contributed by atoms with van der Waals surface area (Å²) in [6, 6.07) is 13.4. The van der Waals surface area contributed by atoms with Crippen molar-refractivity contribution in [3.8, 4) is 0 Å². The minimum atomic E-state index is 0.241. The summed E-state index contributed by atoms with van der Waals surface area (Å²) >= 11 is 5.28. The number of nitrogens with two attached hydrogens (primary N) is 1. The molecule has 0 fully saturated rings. The average molecular weight is 197 g/mol. The molecule has 1 heterocycles. The molecule has 0 aliphatic heterocycles. The van der Waals surface area contributed by atoms with E-state index in [0.717, 1.165) is 0 Å². The van der Waals surface area contributed by atoms with Gasteiger partial charge in [-0.3, -0.25) is 0 Å². The fraction of sp³-hybridized carbons (Fsp3) is 0. The Balaban J connectivity index is 0.000000132. The van der Waals surface area contributed by atoms with Crippen LogP contribution < -0.4 is 5.73 Å². The van der Waals surface area contributed by atoms with Crippen LogP contribution in [0, 0.1) is 0 Å². The first-order chi connectivity index (χ1) is 6.29. The van der Waals surface area contributed by atoms with Crippen molar-refractivity contribution in [1.29, 1.82) is 0 Å². The van der Waals surface area contributed by atoms with Crippen LogP contribution in [0.1, 0.15) is 0 Å². The van der Waals surface area contributed by atoms with Crippen LogP contribution in [0.5, 0.6) is 0 Å². The number of nitrogens with zero attached hydrogens (tertiary/aromatic N) is 1. The van der Waals surface area contributed by atoms with E-state index in [4.69, 9.17) is 17.3 Å². The van der Waals surface area contributed by atoms with Crippen molar-refractivity contribution in [2.24, 2.45) is 0 Å². The SMILES string of the molecule is Nc1cc(Cl)no1.c1ccccc1. The van der Waals surface area contributed by atoms with Crippen molar-refractivity contribution < 1.29 is 4.52 Å². The molecule has 0 saturated heterocycles. The minimum Gasteiger partial charge on any atom is -0.368 e. The predicted octanol–water partition coefficient (Wildman–Crippen LogP) is 2.60. The topological polar surface area (TPSA) is 52.0 Å². The Bertz CT molecular complexity index is 291. The van der Waals surface area contributed by atoms with E-state index in [1.807, 2.05) is 36.4 Å². The molecule has 0 amide bonds. The summed E-state index contributed by atoms with van der Waals surface area (Å²) in [6.07, 6.45) is 0. The zero-order chi connectivity index (χ0) is 9.52. The Labute approximate surface area is 81.1 Å². The zero-order valence-corrected chi connectivity index (χ0v) is 7.61. The summed E-state index contributed by atoms with van der Waals surface area (Å²) in [7, 11) is 0. The Morgan fingerprint density at radius 1 is 1.08 bits per heavy atom. The summed E-state index contributed by atoms with van der Waals surface area (Å²) in [5.41, 5.74) is 5.06. The van der Waals surface area contributed by atoms with Crippen molar-refractivity contribution in [2.45, 2.75) is 0 Å². The summed E-state index contributed by atoms with van der Waals surface area (Å²) in [5.74, 6) is 0.241. The molecule has 0 radical (unpaired) electrons. The lowest BCUT2D eigenvalue weighted by molar-refractivity contribution is 0.437. The summed E-state index contributed by atoms with van der Waals surface area (Å²) < 4.78 is 4.36. The molecule has 0 unspecified atom stereocenters. The van der Waals surface area contributed by atoms with E-state index in [0.29, 0.717) is 0 Å². The Kier molecular flexibility index (Phi) is 3.85. The number of halogens is 1. The smallest absolute Gasteiger partial charge is 0.223 e. The number of nitrogen functional groups attached to an aromatic ring is 1. The molecule has 13 heavy (non-hydrogen) atoms. The lowest BCUT2D eigenvalue weighted by Crippen LogP contribution is -1.75. The molecule has 0 aliphatic rings. The molecule has 3 nitrogen and oxygen atoms in total. The van der Waals surface area contributed by atoms with Gasteiger partial charge in [-0.05, 0) is 0 Å². The Morgan fingerprint density at radius 3 is 1.69 bits per heavy atom. The molecule has 1 aromatic carbocycles. The second-order valence-electron chi connectivity index (χ2n) is 2.21. The van der Waals surface area contributed by atoms with E-state index in [1.165, 1.54) is 6.07 Å². The molecule has 0 atom stereocenters. The van der Waals surface area contributed by atoms with Gasteiger partial charge in [-0.15, -0.1) is 0 Å². The first-order valence-corrected chi connectivity index (χ1v) is 4.04. The van der Waals surface area contributed by atoms with Crippen molar-refractivity contribution in [3.05, 3.63) is 47.6 Å². The maximum atomic E-state index is 5.28. The van der Waals surface area contributed by atoms with Gasteiger partial charge in [0.15, 0.2) is 5.15 Å². The predicted molar refractivity (Wildman–Crippen MR) is 52.4 cm³/mol. The van der Waals surface area contributed by atoms with Gasteiger partial charge in [-0.1, -0.05) is 53.2 Å². The van der Waals surface area contributed by atoms with Gasteiger partial charge < -0.3 is 10.3 Å². The van der Waals surface area contributed by atoms with Crippen LogP contribution in [-0.4, -0.2) is 5.16 Å². The highest BCUT2D eigenvalue weighted by molar-refractivity contribution is 6.29. The van der Waals surface area contributed by atoms with Crippen LogP contribution in [0.3, 0.4) is 0 Å². The minimum absolute atomic E-state index is 0.241. The third kappa shape index (κ3) is 4.18. The van der Waals surface area contributed by atoms with E-state index in [2.05, 4.69) is 9.68 Å². The Morgan fingerprint density at radius 2 is 1.54 bits per heavy atom. The third-order valence-corrected chi connectivity index (χ3v) is 1.34.